The molecule has 35 nitrogen and oxygen atoms in total. The van der Waals surface area contributed by atoms with Crippen LogP contribution in [0.25, 0.3) is 0 Å². The van der Waals surface area contributed by atoms with E-state index in [0.717, 1.165) is 97.2 Å². The number of aryl methyl sites for hydroxylation is 2. The zero-order chi connectivity index (χ0) is 106. The number of halogens is 9. The van der Waals surface area contributed by atoms with Crippen LogP contribution < -0.4 is 58.6 Å². The normalized spacial score (nSPS) is 10.7. The summed E-state index contributed by atoms with van der Waals surface area (Å²) in [5.74, 6) is -6.80. The van der Waals surface area contributed by atoms with E-state index in [0.29, 0.717) is 66.8 Å². The lowest BCUT2D eigenvalue weighted by Crippen LogP contribution is -2.43. The molecular formula is C99H128Cl3F6N9O26. The number of carbonyl (C=O) groups excluding carboxylic acids is 11. The highest BCUT2D eigenvalue weighted by atomic mass is 35.5. The Kier molecular flexibility index (Phi) is 65.3. The van der Waals surface area contributed by atoms with E-state index in [2.05, 4.69) is 78.9 Å². The van der Waals surface area contributed by atoms with Gasteiger partial charge in [-0.05, 0) is 216 Å². The Morgan fingerprint density at radius 2 is 0.657 bits per heavy atom. The Labute approximate surface area is 844 Å². The van der Waals surface area contributed by atoms with E-state index >= 15 is 0 Å². The van der Waals surface area contributed by atoms with Crippen molar-refractivity contribution < 1.29 is 153 Å². The van der Waals surface area contributed by atoms with Crippen molar-refractivity contribution in [3.63, 3.8) is 0 Å². The molecule has 0 spiro atoms. The van der Waals surface area contributed by atoms with Crippen LogP contribution in [0.5, 0.6) is 11.5 Å². The number of nitrogens with two attached hydrogens (primary N) is 3. The SMILES string of the molecule is CC(C)(C)OC(=O)NC(C(=O)O)c1ccc(OC(F)(F)F)cc1.CCCc1ccc(C(=O)NCCC(=O)OC)cc1.CCCc1ccc(C(=O)O)cc1.COC(=O)CCN.COC(=O)CCNC(=O)c1ccc(CCN)cc1.COC(=O)CCNC(=O)c1ccc(CCNC(=O)C(NC(=O)OC(C)(C)C)c2ccc(OC(F)(F)F)cc2)cc1.Cl.Cl.NCCc1ccc(C(=O)O)cc1.O=C(Cl)OCc1ccccc1.[HH]. The number of aromatic carboxylic acids is 2. The molecule has 8 aromatic carbocycles. The van der Waals surface area contributed by atoms with Gasteiger partial charge in [-0.15, -0.1) is 51.2 Å². The molecular weight excluding hydrogens is 1950 g/mol. The van der Waals surface area contributed by atoms with Gasteiger partial charge in [0.15, 0.2) is 6.04 Å². The Morgan fingerprint density at radius 1 is 0.364 bits per heavy atom. The fraction of sp³-hybridized carbons (Fsp3) is 0.374. The summed E-state index contributed by atoms with van der Waals surface area (Å²) in [5.41, 5.74) is 22.2. The van der Waals surface area contributed by atoms with Crippen LogP contribution in [-0.4, -0.2) is 197 Å². The van der Waals surface area contributed by atoms with E-state index in [1.807, 2.05) is 66.7 Å². The number of hydrogen-bond donors (Lipinski definition) is 12. The van der Waals surface area contributed by atoms with E-state index in [1.165, 1.54) is 51.7 Å². The smallest absolute Gasteiger partial charge is 0.479 e. The predicted octanol–water partition coefficient (Wildman–Crippen LogP) is 15.8. The number of nitrogens with one attached hydrogen (secondary N) is 6. The van der Waals surface area contributed by atoms with Crippen LogP contribution in [0.3, 0.4) is 0 Å². The van der Waals surface area contributed by atoms with Crippen molar-refractivity contribution in [2.24, 2.45) is 17.2 Å². The standard InChI is InChI=1S/C27H32F3N3O7.C14H16F3NO5.C14H19NO3.C13H18N2O3.C10H12O2.C9H11NO2.C8H7ClO2.C4H9NO2.2ClH.H2/c1-26(2,3)40-25(37)33-22(18-9-11-20(12-10-18)39-27(28,29)30)24(36)32-15-13-17-5-7-19(8-6-17)23(35)31-16-14-21(34)38-4;1-13(2,3)23-12(21)18-10(11(19)20)8-4-6-9(7-5-8)22-14(15,16)17;1-3-4-11-5-7-12(8-6-11)14(17)15-10-9-13(16)18-2;1-18-12(16)7-9-15-13(17)11-4-2-10(3-5-11)6-8-14;1-2-3-8-4-6-9(7-5-8)10(11)12;10-6-5-7-1-3-8(4-2-7)9(11)12;9-8(10)11-6-7-4-2-1-3-5-7;1-7-4(6)2-3-5;;;/h5-12,22H,13-16H2,1-4H3,(H,31,35)(H,32,36)(H,33,37);4-7,10H,1-3H3,(H,18,21)(H,19,20);5-8H,3-4,9-10H2,1-2H3,(H,15,17);2-5H,6-9,14H2,1H3,(H,15,17);4-7H,2-3H2,1H3,(H,11,12);1-4H,5-6,10H2,(H,11,12);1-5H,6H2;2-3,5H2,1H3;3*1H. The molecule has 0 fully saturated rings. The van der Waals surface area contributed by atoms with Crippen molar-refractivity contribution in [1.82, 2.24) is 31.9 Å². The summed E-state index contributed by atoms with van der Waals surface area (Å²) in [6.45, 7) is 16.6. The Morgan fingerprint density at radius 3 is 0.923 bits per heavy atom. The lowest BCUT2D eigenvalue weighted by atomic mass is 10.1. The third-order valence-corrected chi connectivity index (χ3v) is 17.8. The van der Waals surface area contributed by atoms with E-state index in [9.17, 15) is 93.5 Å². The summed E-state index contributed by atoms with van der Waals surface area (Å²) in [5, 5.41) is 41.5. The second-order valence-corrected chi connectivity index (χ2v) is 31.6. The van der Waals surface area contributed by atoms with E-state index in [-0.39, 0.29) is 119 Å². The number of amides is 6. The number of alkyl carbamates (subject to hydrolysis) is 2. The molecule has 15 N–H and O–H groups in total. The minimum absolute atomic E-state index is 0. The van der Waals surface area contributed by atoms with Gasteiger partial charge < -0.3 is 107 Å². The van der Waals surface area contributed by atoms with E-state index in [1.54, 1.807) is 126 Å². The summed E-state index contributed by atoms with van der Waals surface area (Å²) in [6, 6.07) is 50.5. The van der Waals surface area contributed by atoms with Gasteiger partial charge in [-0.2, -0.15) is 0 Å². The summed E-state index contributed by atoms with van der Waals surface area (Å²) in [4.78, 5) is 158. The van der Waals surface area contributed by atoms with Gasteiger partial charge in [0.25, 0.3) is 17.7 Å². The molecule has 44 heteroatoms. The van der Waals surface area contributed by atoms with Gasteiger partial charge >= 0.3 is 72.1 Å². The summed E-state index contributed by atoms with van der Waals surface area (Å²) < 4.78 is 114. The fourth-order valence-corrected chi connectivity index (χ4v) is 11.0. The maximum atomic E-state index is 13.0. The maximum absolute atomic E-state index is 13.0. The first-order chi connectivity index (χ1) is 66.4. The zero-order valence-corrected chi connectivity index (χ0v) is 83.5. The van der Waals surface area contributed by atoms with Gasteiger partial charge in [0, 0.05) is 62.4 Å². The molecule has 0 heterocycles. The first-order valence-electron chi connectivity index (χ1n) is 43.7. The van der Waals surface area contributed by atoms with Gasteiger partial charge in [0.05, 0.1) is 65.2 Å². The van der Waals surface area contributed by atoms with Gasteiger partial charge in [-0.1, -0.05) is 142 Å². The second-order valence-electron chi connectivity index (χ2n) is 31.3. The first kappa shape index (κ1) is 131. The Hall–Kier alpha value is -14.1. The van der Waals surface area contributed by atoms with Crippen LogP contribution in [0.1, 0.15) is 204 Å². The van der Waals surface area contributed by atoms with Crippen molar-refractivity contribution >= 4 is 119 Å². The maximum Gasteiger partial charge on any atom is 0.573 e. The minimum Gasteiger partial charge on any atom is -0.479 e. The van der Waals surface area contributed by atoms with Crippen LogP contribution in [0, 0.1) is 0 Å². The molecule has 143 heavy (non-hydrogen) atoms. The second kappa shape index (κ2) is 71.3. The topological polar surface area (TPSA) is 533 Å². The average molecular weight is 2080 g/mol. The molecule has 2 unspecified atom stereocenters. The first-order valence-corrected chi connectivity index (χ1v) is 44.0. The molecule has 8 aromatic rings. The van der Waals surface area contributed by atoms with Crippen LogP contribution in [0.4, 0.5) is 40.7 Å². The third-order valence-electron chi connectivity index (χ3n) is 17.7. The summed E-state index contributed by atoms with van der Waals surface area (Å²) in [6.07, 6.45) is -4.65. The monoisotopic (exact) mass is 2080 g/mol. The lowest BCUT2D eigenvalue weighted by Gasteiger charge is -2.23. The molecule has 8 rings (SSSR count). The number of methoxy groups -OCH3 is 4. The number of rotatable bonds is 37. The van der Waals surface area contributed by atoms with Crippen LogP contribution in [-0.2, 0) is 101 Å². The van der Waals surface area contributed by atoms with Gasteiger partial charge in [0.1, 0.15) is 35.3 Å². The Balaban J connectivity index is -0.00000166. The molecule has 0 saturated carbocycles. The van der Waals surface area contributed by atoms with Gasteiger partial charge in [-0.3, -0.25) is 38.4 Å². The highest BCUT2D eigenvalue weighted by molar-refractivity contribution is 6.61. The molecule has 0 saturated heterocycles. The van der Waals surface area contributed by atoms with Crippen molar-refractivity contribution in [2.45, 2.75) is 169 Å². The van der Waals surface area contributed by atoms with Crippen molar-refractivity contribution in [3.8, 4) is 11.5 Å². The number of carboxylic acid groups (broad SMARTS) is 3. The van der Waals surface area contributed by atoms with Crippen molar-refractivity contribution in [2.75, 3.05) is 74.3 Å². The van der Waals surface area contributed by atoms with Crippen molar-refractivity contribution in [1.29, 1.82) is 0 Å². The minimum atomic E-state index is -4.88. The number of aliphatic carboxylic acids is 1. The van der Waals surface area contributed by atoms with Crippen LogP contribution >= 0.6 is 36.4 Å². The van der Waals surface area contributed by atoms with Crippen molar-refractivity contribution in [3.05, 3.63) is 273 Å². The predicted molar refractivity (Wildman–Crippen MR) is 526 cm³/mol. The fourth-order valence-electron chi connectivity index (χ4n) is 11.0. The van der Waals surface area contributed by atoms with E-state index in [4.69, 9.17) is 53.6 Å². The number of alkyl halides is 6. The molecule has 788 valence electrons. The number of ether oxygens (including phenoxy) is 9. The summed E-state index contributed by atoms with van der Waals surface area (Å²) >= 11 is 4.97. The number of esters is 4. The van der Waals surface area contributed by atoms with E-state index < -0.39 is 94.9 Å². The quantitative estimate of drug-likeness (QED) is 0.00744. The molecule has 0 bridgehead atoms. The number of carbonyl (C=O) groups is 14. The number of hydrogen-bond acceptors (Lipinski definition) is 26. The highest BCUT2D eigenvalue weighted by Crippen LogP contribution is 2.28. The largest absolute Gasteiger partial charge is 0.573 e. The molecule has 0 aliphatic carbocycles. The van der Waals surface area contributed by atoms with Gasteiger partial charge in [-0.25, -0.2) is 28.8 Å². The number of benzene rings is 8. The molecule has 2 atom stereocenters. The average Bonchev–Trinajstić information content (AvgIpc) is 0.846. The summed E-state index contributed by atoms with van der Waals surface area (Å²) in [7, 11) is 5.26. The third kappa shape index (κ3) is 62.6. The lowest BCUT2D eigenvalue weighted by molar-refractivity contribution is -0.275. The molecule has 0 aromatic heterocycles. The molecule has 0 aliphatic rings. The van der Waals surface area contributed by atoms with Crippen LogP contribution in [0.2, 0.25) is 0 Å². The molecule has 0 radical (unpaired) electrons. The van der Waals surface area contributed by atoms with Gasteiger partial charge in [0.2, 0.25) is 5.91 Å². The highest BCUT2D eigenvalue weighted by Gasteiger charge is 2.34. The molecule has 6 amide bonds. The molecule has 0 aliphatic heterocycles. The number of carboxylic acids is 3. The zero-order valence-electron chi connectivity index (χ0n) is 81.1. The van der Waals surface area contributed by atoms with Crippen LogP contribution in [0.15, 0.2) is 200 Å². The Bertz CT molecular complexity index is 5020.